The lowest BCUT2D eigenvalue weighted by Gasteiger charge is -2.23. The lowest BCUT2D eigenvalue weighted by atomic mass is 10.1. The van der Waals surface area contributed by atoms with Gasteiger partial charge in [0.1, 0.15) is 0 Å². The van der Waals surface area contributed by atoms with Crippen molar-refractivity contribution < 1.29 is 0 Å². The molecule has 1 unspecified atom stereocenters. The van der Waals surface area contributed by atoms with E-state index >= 15 is 0 Å². The van der Waals surface area contributed by atoms with E-state index in [1.54, 1.807) is 0 Å². The number of rotatable bonds is 4. The van der Waals surface area contributed by atoms with Gasteiger partial charge in [-0.3, -0.25) is 9.88 Å². The Hall–Kier alpha value is -0.930. The quantitative estimate of drug-likeness (QED) is 0.807. The molecule has 0 spiro atoms. The SMILES string of the molecule is NCCC1CCCN1Cc1ccccn1. The van der Waals surface area contributed by atoms with Crippen molar-refractivity contribution in [2.45, 2.75) is 31.8 Å². The number of hydrogen-bond acceptors (Lipinski definition) is 3. The first-order valence-electron chi connectivity index (χ1n) is 5.74. The van der Waals surface area contributed by atoms with Gasteiger partial charge in [0.25, 0.3) is 0 Å². The third kappa shape index (κ3) is 2.76. The van der Waals surface area contributed by atoms with Crippen LogP contribution in [0.2, 0.25) is 0 Å². The molecule has 15 heavy (non-hydrogen) atoms. The number of nitrogens with zero attached hydrogens (tertiary/aromatic N) is 2. The van der Waals surface area contributed by atoms with Gasteiger partial charge >= 0.3 is 0 Å². The van der Waals surface area contributed by atoms with Crippen molar-refractivity contribution in [1.82, 2.24) is 9.88 Å². The van der Waals surface area contributed by atoms with E-state index in [-0.39, 0.29) is 0 Å². The summed E-state index contributed by atoms with van der Waals surface area (Å²) < 4.78 is 0. The van der Waals surface area contributed by atoms with Gasteiger partial charge in [-0.1, -0.05) is 6.07 Å². The van der Waals surface area contributed by atoms with Gasteiger partial charge in [-0.25, -0.2) is 0 Å². The van der Waals surface area contributed by atoms with Crippen molar-refractivity contribution in [2.75, 3.05) is 13.1 Å². The van der Waals surface area contributed by atoms with Crippen molar-refractivity contribution in [3.63, 3.8) is 0 Å². The van der Waals surface area contributed by atoms with Gasteiger partial charge < -0.3 is 5.73 Å². The average molecular weight is 205 g/mol. The summed E-state index contributed by atoms with van der Waals surface area (Å²) in [6.07, 6.45) is 5.58. The van der Waals surface area contributed by atoms with Crippen LogP contribution >= 0.6 is 0 Å². The maximum Gasteiger partial charge on any atom is 0.0544 e. The molecule has 2 rings (SSSR count). The summed E-state index contributed by atoms with van der Waals surface area (Å²) in [7, 11) is 0. The molecule has 0 amide bonds. The van der Waals surface area contributed by atoms with Crippen LogP contribution in [-0.4, -0.2) is 29.0 Å². The number of likely N-dealkylation sites (tertiary alicyclic amines) is 1. The van der Waals surface area contributed by atoms with Gasteiger partial charge in [0.05, 0.1) is 5.69 Å². The zero-order valence-corrected chi connectivity index (χ0v) is 9.10. The van der Waals surface area contributed by atoms with Crippen molar-refractivity contribution in [1.29, 1.82) is 0 Å². The summed E-state index contributed by atoms with van der Waals surface area (Å²) in [5.74, 6) is 0. The fourth-order valence-corrected chi connectivity index (χ4v) is 2.32. The zero-order chi connectivity index (χ0) is 10.5. The normalized spacial score (nSPS) is 22.1. The van der Waals surface area contributed by atoms with E-state index in [9.17, 15) is 0 Å². The fraction of sp³-hybridized carbons (Fsp3) is 0.583. The molecule has 1 aliphatic heterocycles. The molecule has 1 atom stereocenters. The molecule has 1 aromatic rings. The van der Waals surface area contributed by atoms with Crippen molar-refractivity contribution in [3.8, 4) is 0 Å². The molecule has 0 aromatic carbocycles. The summed E-state index contributed by atoms with van der Waals surface area (Å²) in [5, 5.41) is 0. The van der Waals surface area contributed by atoms with Gasteiger partial charge in [0, 0.05) is 18.8 Å². The van der Waals surface area contributed by atoms with Crippen LogP contribution in [0, 0.1) is 0 Å². The second-order valence-corrected chi connectivity index (χ2v) is 4.16. The number of aromatic nitrogens is 1. The van der Waals surface area contributed by atoms with Crippen LogP contribution in [0.5, 0.6) is 0 Å². The van der Waals surface area contributed by atoms with Crippen molar-refractivity contribution in [2.24, 2.45) is 5.73 Å². The zero-order valence-electron chi connectivity index (χ0n) is 9.10. The highest BCUT2D eigenvalue weighted by Crippen LogP contribution is 2.21. The molecule has 1 saturated heterocycles. The molecule has 2 heterocycles. The van der Waals surface area contributed by atoms with Gasteiger partial charge in [0.15, 0.2) is 0 Å². The van der Waals surface area contributed by atoms with E-state index in [1.807, 2.05) is 12.3 Å². The van der Waals surface area contributed by atoms with E-state index in [4.69, 9.17) is 5.73 Å². The largest absolute Gasteiger partial charge is 0.330 e. The smallest absolute Gasteiger partial charge is 0.0544 e. The van der Waals surface area contributed by atoms with E-state index in [1.165, 1.54) is 25.1 Å². The van der Waals surface area contributed by atoms with Gasteiger partial charge in [-0.15, -0.1) is 0 Å². The van der Waals surface area contributed by atoms with E-state index in [0.717, 1.165) is 19.5 Å². The molecule has 1 fully saturated rings. The van der Waals surface area contributed by atoms with Crippen LogP contribution in [0.3, 0.4) is 0 Å². The molecule has 2 N–H and O–H groups in total. The molecule has 82 valence electrons. The number of hydrogen-bond donors (Lipinski definition) is 1. The highest BCUT2D eigenvalue weighted by Gasteiger charge is 2.23. The Morgan fingerprint density at radius 1 is 1.47 bits per heavy atom. The predicted molar refractivity (Wildman–Crippen MR) is 61.3 cm³/mol. The lowest BCUT2D eigenvalue weighted by molar-refractivity contribution is 0.234. The summed E-state index contributed by atoms with van der Waals surface area (Å²) >= 11 is 0. The second kappa shape index (κ2) is 5.24. The van der Waals surface area contributed by atoms with Crippen LogP contribution in [-0.2, 0) is 6.54 Å². The van der Waals surface area contributed by atoms with E-state index < -0.39 is 0 Å². The first-order valence-corrected chi connectivity index (χ1v) is 5.74. The highest BCUT2D eigenvalue weighted by molar-refractivity contribution is 5.04. The topological polar surface area (TPSA) is 42.1 Å². The maximum atomic E-state index is 5.62. The molecular weight excluding hydrogens is 186 g/mol. The minimum absolute atomic E-state index is 0.678. The summed E-state index contributed by atoms with van der Waals surface area (Å²) in [6.45, 7) is 2.97. The van der Waals surface area contributed by atoms with Crippen LogP contribution < -0.4 is 5.73 Å². The van der Waals surface area contributed by atoms with Crippen molar-refractivity contribution >= 4 is 0 Å². The summed E-state index contributed by atoms with van der Waals surface area (Å²) in [4.78, 5) is 6.87. The number of nitrogens with two attached hydrogens (primary N) is 1. The lowest BCUT2D eigenvalue weighted by Crippen LogP contribution is -2.31. The van der Waals surface area contributed by atoms with Crippen LogP contribution in [0.25, 0.3) is 0 Å². The molecular formula is C12H19N3. The van der Waals surface area contributed by atoms with Crippen LogP contribution in [0.4, 0.5) is 0 Å². The third-order valence-corrected chi connectivity index (χ3v) is 3.09. The van der Waals surface area contributed by atoms with Crippen LogP contribution in [0.15, 0.2) is 24.4 Å². The molecule has 3 heteroatoms. The van der Waals surface area contributed by atoms with Gasteiger partial charge in [-0.2, -0.15) is 0 Å². The summed E-state index contributed by atoms with van der Waals surface area (Å²) in [5.41, 5.74) is 6.79. The molecule has 0 radical (unpaired) electrons. The Kier molecular flexibility index (Phi) is 3.69. The first-order chi connectivity index (χ1) is 7.40. The third-order valence-electron chi connectivity index (χ3n) is 3.09. The van der Waals surface area contributed by atoms with Crippen LogP contribution in [0.1, 0.15) is 25.0 Å². The second-order valence-electron chi connectivity index (χ2n) is 4.16. The molecule has 0 saturated carbocycles. The Morgan fingerprint density at radius 2 is 2.40 bits per heavy atom. The maximum absolute atomic E-state index is 5.62. The summed E-state index contributed by atoms with van der Waals surface area (Å²) in [6, 6.07) is 6.79. The molecule has 1 aliphatic rings. The molecule has 0 bridgehead atoms. The van der Waals surface area contributed by atoms with E-state index in [2.05, 4.69) is 22.0 Å². The average Bonchev–Trinajstić information content (AvgIpc) is 2.68. The minimum Gasteiger partial charge on any atom is -0.330 e. The fourth-order valence-electron chi connectivity index (χ4n) is 2.32. The van der Waals surface area contributed by atoms with E-state index in [0.29, 0.717) is 6.04 Å². The van der Waals surface area contributed by atoms with Crippen molar-refractivity contribution in [3.05, 3.63) is 30.1 Å². The Labute approximate surface area is 91.3 Å². The highest BCUT2D eigenvalue weighted by atomic mass is 15.2. The Bertz CT molecular complexity index is 286. The number of pyridine rings is 1. The minimum atomic E-state index is 0.678. The molecule has 1 aromatic heterocycles. The molecule has 3 nitrogen and oxygen atoms in total. The van der Waals surface area contributed by atoms with Gasteiger partial charge in [-0.05, 0) is 44.5 Å². The van der Waals surface area contributed by atoms with Gasteiger partial charge in [0.2, 0.25) is 0 Å². The Balaban J connectivity index is 1.93. The first kappa shape index (κ1) is 10.6. The Morgan fingerprint density at radius 3 is 3.13 bits per heavy atom. The predicted octanol–water partition coefficient (Wildman–Crippen LogP) is 1.39. The molecule has 0 aliphatic carbocycles. The standard InChI is InChI=1S/C12H19N3/c13-7-6-12-5-3-9-15(12)10-11-4-1-2-8-14-11/h1-2,4,8,12H,3,5-7,9-10,13H2. The monoisotopic (exact) mass is 205 g/mol.